The molecule has 106 valence electrons. The molecule has 0 unspecified atom stereocenters. The summed E-state index contributed by atoms with van der Waals surface area (Å²) in [6.07, 6.45) is 5.37. The number of imidazole rings is 1. The van der Waals surface area contributed by atoms with Crippen molar-refractivity contribution in [3.63, 3.8) is 0 Å². The quantitative estimate of drug-likeness (QED) is 0.779. The van der Waals surface area contributed by atoms with Crippen molar-refractivity contribution in [3.8, 4) is 5.69 Å². The molecule has 0 aliphatic heterocycles. The monoisotopic (exact) mass is 301 g/mol. The lowest BCUT2D eigenvalue weighted by atomic mass is 10.2. The molecule has 0 aliphatic rings. The van der Waals surface area contributed by atoms with Crippen LogP contribution in [0.3, 0.4) is 0 Å². The molecule has 0 amide bonds. The van der Waals surface area contributed by atoms with Gasteiger partial charge in [-0.25, -0.2) is 9.37 Å². The van der Waals surface area contributed by atoms with Gasteiger partial charge in [-0.15, -0.1) is 0 Å². The zero-order valence-corrected chi connectivity index (χ0v) is 11.9. The fraction of sp³-hybridized carbons (Fsp3) is 0.0625. The number of hydrogen-bond donors (Lipinski definition) is 1. The van der Waals surface area contributed by atoms with E-state index in [0.717, 1.165) is 11.3 Å². The Hall–Kier alpha value is -2.33. The molecular weight excluding hydrogens is 289 g/mol. The first-order valence-corrected chi connectivity index (χ1v) is 6.86. The van der Waals surface area contributed by atoms with E-state index in [9.17, 15) is 4.39 Å². The molecule has 0 saturated heterocycles. The Kier molecular flexibility index (Phi) is 3.88. The summed E-state index contributed by atoms with van der Waals surface area (Å²) in [4.78, 5) is 4.01. The van der Waals surface area contributed by atoms with Crippen LogP contribution < -0.4 is 5.32 Å². The molecule has 3 rings (SSSR count). The van der Waals surface area contributed by atoms with E-state index in [0.29, 0.717) is 17.3 Å². The summed E-state index contributed by atoms with van der Waals surface area (Å²) >= 11 is 5.73. The Morgan fingerprint density at radius 1 is 1.14 bits per heavy atom. The van der Waals surface area contributed by atoms with Crippen molar-refractivity contribution in [2.75, 3.05) is 5.32 Å². The third-order valence-corrected chi connectivity index (χ3v) is 3.39. The van der Waals surface area contributed by atoms with Gasteiger partial charge in [-0.05, 0) is 35.9 Å². The van der Waals surface area contributed by atoms with Gasteiger partial charge in [-0.1, -0.05) is 23.7 Å². The fourth-order valence-electron chi connectivity index (χ4n) is 2.03. The summed E-state index contributed by atoms with van der Waals surface area (Å²) in [5.74, 6) is -0.350. The third kappa shape index (κ3) is 3.23. The van der Waals surface area contributed by atoms with Crippen molar-refractivity contribution in [2.45, 2.75) is 6.54 Å². The average Bonchev–Trinajstić information content (AvgIpc) is 3.01. The number of hydrogen-bond acceptors (Lipinski definition) is 2. The zero-order chi connectivity index (χ0) is 14.7. The molecule has 1 heterocycles. The second-order valence-corrected chi connectivity index (χ2v) is 5.05. The van der Waals surface area contributed by atoms with E-state index in [-0.39, 0.29) is 5.82 Å². The predicted octanol–water partition coefficient (Wildman–Crippen LogP) is 4.28. The highest BCUT2D eigenvalue weighted by Gasteiger charge is 2.03. The van der Waals surface area contributed by atoms with Crippen molar-refractivity contribution >= 4 is 17.3 Å². The summed E-state index contributed by atoms with van der Waals surface area (Å²) in [7, 11) is 0. The van der Waals surface area contributed by atoms with Crippen molar-refractivity contribution in [1.29, 1.82) is 0 Å². The third-order valence-electron chi connectivity index (χ3n) is 3.15. The Balaban J connectivity index is 1.68. The topological polar surface area (TPSA) is 29.9 Å². The Labute approximate surface area is 127 Å². The molecular formula is C16H13ClFN3. The standard InChI is InChI=1S/C16H13ClFN3/c17-13-3-6-16(15(18)9-13)20-10-12-1-4-14(5-2-12)21-8-7-19-11-21/h1-9,11,20H,10H2. The summed E-state index contributed by atoms with van der Waals surface area (Å²) in [6.45, 7) is 0.544. The van der Waals surface area contributed by atoms with Crippen molar-refractivity contribution in [2.24, 2.45) is 0 Å². The van der Waals surface area contributed by atoms with E-state index >= 15 is 0 Å². The van der Waals surface area contributed by atoms with E-state index in [1.165, 1.54) is 6.07 Å². The number of anilines is 1. The van der Waals surface area contributed by atoms with Crippen molar-refractivity contribution < 1.29 is 4.39 Å². The first kappa shape index (κ1) is 13.6. The smallest absolute Gasteiger partial charge is 0.147 e. The minimum Gasteiger partial charge on any atom is -0.379 e. The van der Waals surface area contributed by atoms with Gasteiger partial charge in [0.15, 0.2) is 0 Å². The molecule has 5 heteroatoms. The van der Waals surface area contributed by atoms with Crippen LogP contribution >= 0.6 is 11.6 Å². The van der Waals surface area contributed by atoms with E-state index < -0.39 is 0 Å². The van der Waals surface area contributed by atoms with E-state index in [1.807, 2.05) is 35.0 Å². The predicted molar refractivity (Wildman–Crippen MR) is 82.3 cm³/mol. The summed E-state index contributed by atoms with van der Waals surface area (Å²) in [5, 5.41) is 3.45. The van der Waals surface area contributed by atoms with Crippen LogP contribution in [0.4, 0.5) is 10.1 Å². The first-order chi connectivity index (χ1) is 10.2. The minimum absolute atomic E-state index is 0.350. The van der Waals surface area contributed by atoms with E-state index in [2.05, 4.69) is 10.3 Å². The second kappa shape index (κ2) is 5.97. The van der Waals surface area contributed by atoms with Crippen LogP contribution in [-0.4, -0.2) is 9.55 Å². The Morgan fingerprint density at radius 3 is 2.62 bits per heavy atom. The lowest BCUT2D eigenvalue weighted by Crippen LogP contribution is -2.01. The Morgan fingerprint density at radius 2 is 1.95 bits per heavy atom. The van der Waals surface area contributed by atoms with Crippen molar-refractivity contribution in [1.82, 2.24) is 9.55 Å². The zero-order valence-electron chi connectivity index (χ0n) is 11.1. The molecule has 0 aliphatic carbocycles. The van der Waals surface area contributed by atoms with Gasteiger partial charge < -0.3 is 9.88 Å². The van der Waals surface area contributed by atoms with Crippen LogP contribution in [-0.2, 0) is 6.54 Å². The van der Waals surface area contributed by atoms with Gasteiger partial charge in [-0.3, -0.25) is 0 Å². The molecule has 0 spiro atoms. The van der Waals surface area contributed by atoms with Crippen LogP contribution in [0, 0.1) is 5.82 Å². The fourth-order valence-corrected chi connectivity index (χ4v) is 2.19. The highest BCUT2D eigenvalue weighted by molar-refractivity contribution is 6.30. The lowest BCUT2D eigenvalue weighted by Gasteiger charge is -2.09. The number of benzene rings is 2. The molecule has 2 aromatic carbocycles. The van der Waals surface area contributed by atoms with Crippen LogP contribution in [0.5, 0.6) is 0 Å². The molecule has 1 N–H and O–H groups in total. The second-order valence-electron chi connectivity index (χ2n) is 4.61. The number of halogens is 2. The van der Waals surface area contributed by atoms with Crippen LogP contribution in [0.15, 0.2) is 61.2 Å². The SMILES string of the molecule is Fc1cc(Cl)ccc1NCc1ccc(-n2ccnc2)cc1. The summed E-state index contributed by atoms with van der Waals surface area (Å²) in [6, 6.07) is 12.6. The number of nitrogens with zero attached hydrogens (tertiary/aromatic N) is 2. The first-order valence-electron chi connectivity index (χ1n) is 6.48. The minimum atomic E-state index is -0.350. The Bertz CT molecular complexity index is 724. The van der Waals surface area contributed by atoms with Gasteiger partial charge in [0.2, 0.25) is 0 Å². The van der Waals surface area contributed by atoms with Gasteiger partial charge in [0.25, 0.3) is 0 Å². The molecule has 0 atom stereocenters. The molecule has 0 saturated carbocycles. The number of rotatable bonds is 4. The number of aromatic nitrogens is 2. The molecule has 0 bridgehead atoms. The van der Waals surface area contributed by atoms with E-state index in [4.69, 9.17) is 11.6 Å². The lowest BCUT2D eigenvalue weighted by molar-refractivity contribution is 0.630. The van der Waals surface area contributed by atoms with Gasteiger partial charge >= 0.3 is 0 Å². The van der Waals surface area contributed by atoms with E-state index in [1.54, 1.807) is 24.7 Å². The normalized spacial score (nSPS) is 10.6. The molecule has 3 aromatic rings. The molecule has 3 nitrogen and oxygen atoms in total. The summed E-state index contributed by atoms with van der Waals surface area (Å²) < 4.78 is 15.6. The highest BCUT2D eigenvalue weighted by Crippen LogP contribution is 2.19. The molecule has 0 fully saturated rings. The average molecular weight is 302 g/mol. The van der Waals surface area contributed by atoms with Crippen LogP contribution in [0.1, 0.15) is 5.56 Å². The van der Waals surface area contributed by atoms with Gasteiger partial charge in [0, 0.05) is 29.6 Å². The summed E-state index contributed by atoms with van der Waals surface area (Å²) in [5.41, 5.74) is 2.54. The maximum atomic E-state index is 13.6. The largest absolute Gasteiger partial charge is 0.379 e. The maximum absolute atomic E-state index is 13.6. The number of nitrogens with one attached hydrogen (secondary N) is 1. The van der Waals surface area contributed by atoms with Gasteiger partial charge in [0.05, 0.1) is 12.0 Å². The highest BCUT2D eigenvalue weighted by atomic mass is 35.5. The van der Waals surface area contributed by atoms with Gasteiger partial charge in [0.1, 0.15) is 5.82 Å². The van der Waals surface area contributed by atoms with Gasteiger partial charge in [-0.2, -0.15) is 0 Å². The van der Waals surface area contributed by atoms with Crippen LogP contribution in [0.25, 0.3) is 5.69 Å². The van der Waals surface area contributed by atoms with Crippen molar-refractivity contribution in [3.05, 3.63) is 77.6 Å². The molecule has 21 heavy (non-hydrogen) atoms. The van der Waals surface area contributed by atoms with Crippen LogP contribution in [0.2, 0.25) is 5.02 Å². The molecule has 0 radical (unpaired) electrons. The maximum Gasteiger partial charge on any atom is 0.147 e. The molecule has 1 aromatic heterocycles.